The molecule has 0 saturated carbocycles. The lowest BCUT2D eigenvalue weighted by atomic mass is 9.66. The molecule has 0 saturated heterocycles. The zero-order chi connectivity index (χ0) is 37.2. The van der Waals surface area contributed by atoms with E-state index in [2.05, 4.69) is 146 Å². The van der Waals surface area contributed by atoms with Crippen LogP contribution in [0.4, 0.5) is 17.1 Å². The summed E-state index contributed by atoms with van der Waals surface area (Å²) in [7, 11) is -3.27. The van der Waals surface area contributed by atoms with E-state index in [9.17, 15) is 0 Å². The molecule has 2 heterocycles. The van der Waals surface area contributed by atoms with E-state index in [0.29, 0.717) is 5.44 Å². The number of rotatable bonds is 6. The summed E-state index contributed by atoms with van der Waals surface area (Å²) in [6.07, 6.45) is 1.99. The molecule has 0 amide bonds. The van der Waals surface area contributed by atoms with Crippen LogP contribution < -0.4 is 20.9 Å². The molecule has 4 heteroatoms. The Morgan fingerprint density at radius 2 is 0.964 bits per heavy atom. The second-order valence-corrected chi connectivity index (χ2v) is 17.8. The van der Waals surface area contributed by atoms with Crippen LogP contribution in [-0.2, 0) is 15.4 Å². The van der Waals surface area contributed by atoms with Crippen LogP contribution in [0.2, 0.25) is 0 Å². The van der Waals surface area contributed by atoms with Gasteiger partial charge in [0.05, 0.1) is 16.8 Å². The highest BCUT2D eigenvalue weighted by Gasteiger charge is 2.48. The summed E-state index contributed by atoms with van der Waals surface area (Å²) in [4.78, 5) is 7.60. The maximum Gasteiger partial charge on any atom is 0.188 e. The van der Waals surface area contributed by atoms with E-state index in [4.69, 9.17) is 4.98 Å². The predicted molar refractivity (Wildman–Crippen MR) is 228 cm³/mol. The fourth-order valence-corrected chi connectivity index (χ4v) is 11.8. The van der Waals surface area contributed by atoms with Gasteiger partial charge in [0.1, 0.15) is 5.44 Å². The number of nitrogens with zero attached hydrogens (tertiary/aromatic N) is 2. The quantitative estimate of drug-likeness (QED) is 0.160. The fourth-order valence-electron chi connectivity index (χ4n) is 9.30. The first kappa shape index (κ1) is 33.3. The fraction of sp³-hybridized carbons (Fsp3) is 0.0784. The SMILES string of the molecule is CC1(C)c2ccccc2N(c2ccccc2)c2ccc(C3(c4ccc(P(=O)(c5ccccc5)c5ccccc5)nc4)c4ccccc4-c4ccccc43)cc21. The van der Waals surface area contributed by atoms with E-state index in [0.717, 1.165) is 21.9 Å². The number of aromatic nitrogens is 1. The van der Waals surface area contributed by atoms with E-state index in [-0.39, 0.29) is 5.41 Å². The second-order valence-electron chi connectivity index (χ2n) is 15.1. The number of benzene rings is 7. The average Bonchev–Trinajstić information content (AvgIpc) is 3.55. The minimum Gasteiger partial charge on any atom is -0.310 e. The number of fused-ring (bicyclic) bond motifs is 5. The lowest BCUT2D eigenvalue weighted by molar-refractivity contribution is 0.592. The van der Waals surface area contributed by atoms with Crippen LogP contribution in [0.25, 0.3) is 11.1 Å². The van der Waals surface area contributed by atoms with Gasteiger partial charge in [0, 0.05) is 27.9 Å². The normalized spacial score (nSPS) is 14.7. The van der Waals surface area contributed by atoms with Gasteiger partial charge < -0.3 is 9.46 Å². The Morgan fingerprint density at radius 3 is 1.55 bits per heavy atom. The number of para-hydroxylation sites is 2. The molecule has 0 fully saturated rings. The Balaban J connectivity index is 1.23. The van der Waals surface area contributed by atoms with Crippen molar-refractivity contribution in [3.05, 3.63) is 234 Å². The summed E-state index contributed by atoms with van der Waals surface area (Å²) in [6, 6.07) is 67.9. The Kier molecular flexibility index (Phi) is 7.66. The van der Waals surface area contributed by atoms with Crippen molar-refractivity contribution in [2.75, 3.05) is 4.90 Å². The van der Waals surface area contributed by atoms with E-state index < -0.39 is 12.6 Å². The molecule has 0 bridgehead atoms. The monoisotopic (exact) mass is 726 g/mol. The largest absolute Gasteiger partial charge is 0.310 e. The smallest absolute Gasteiger partial charge is 0.188 e. The third-order valence-corrected chi connectivity index (χ3v) is 14.8. The van der Waals surface area contributed by atoms with Crippen molar-refractivity contribution in [2.24, 2.45) is 0 Å². The van der Waals surface area contributed by atoms with Crippen molar-refractivity contribution in [1.29, 1.82) is 0 Å². The zero-order valence-electron chi connectivity index (χ0n) is 30.8. The van der Waals surface area contributed by atoms with E-state index in [1.807, 2.05) is 72.9 Å². The van der Waals surface area contributed by atoms with Gasteiger partial charge in [-0.05, 0) is 74.8 Å². The van der Waals surface area contributed by atoms with Crippen molar-refractivity contribution < 1.29 is 4.57 Å². The molecule has 3 nitrogen and oxygen atoms in total. The Hall–Kier alpha value is -6.28. The minimum absolute atomic E-state index is 0.286. The first-order valence-electron chi connectivity index (χ1n) is 18.9. The number of anilines is 3. The van der Waals surface area contributed by atoms with Gasteiger partial charge in [0.25, 0.3) is 0 Å². The third-order valence-electron chi connectivity index (χ3n) is 11.9. The molecular weight excluding hydrogens is 688 g/mol. The lowest BCUT2D eigenvalue weighted by Gasteiger charge is -2.43. The highest BCUT2D eigenvalue weighted by atomic mass is 31.2. The number of hydrogen-bond donors (Lipinski definition) is 0. The highest BCUT2D eigenvalue weighted by molar-refractivity contribution is 7.85. The van der Waals surface area contributed by atoms with Gasteiger partial charge in [-0.2, -0.15) is 0 Å². The summed E-state index contributed by atoms with van der Waals surface area (Å²) in [5.74, 6) is 0. The van der Waals surface area contributed by atoms with Crippen molar-refractivity contribution in [3.8, 4) is 11.1 Å². The lowest BCUT2D eigenvalue weighted by Crippen LogP contribution is -2.34. The van der Waals surface area contributed by atoms with Crippen LogP contribution in [0.15, 0.2) is 200 Å². The minimum atomic E-state index is -3.27. The molecule has 0 radical (unpaired) electrons. The first-order valence-corrected chi connectivity index (χ1v) is 20.6. The molecule has 55 heavy (non-hydrogen) atoms. The van der Waals surface area contributed by atoms with Gasteiger partial charge in [-0.15, -0.1) is 0 Å². The third kappa shape index (κ3) is 4.83. The van der Waals surface area contributed by atoms with Crippen LogP contribution in [0.5, 0.6) is 0 Å². The average molecular weight is 727 g/mol. The van der Waals surface area contributed by atoms with Crippen LogP contribution in [0.3, 0.4) is 0 Å². The van der Waals surface area contributed by atoms with Crippen molar-refractivity contribution in [1.82, 2.24) is 4.98 Å². The Labute approximate surface area is 323 Å². The van der Waals surface area contributed by atoms with Crippen LogP contribution in [-0.4, -0.2) is 4.98 Å². The van der Waals surface area contributed by atoms with Crippen LogP contribution >= 0.6 is 7.14 Å². The molecule has 1 aromatic heterocycles. The molecule has 8 aromatic rings. The van der Waals surface area contributed by atoms with E-state index >= 15 is 4.57 Å². The van der Waals surface area contributed by atoms with Gasteiger partial charge in [-0.25, -0.2) is 0 Å². The van der Waals surface area contributed by atoms with Crippen LogP contribution in [0, 0.1) is 0 Å². The molecule has 0 spiro atoms. The highest BCUT2D eigenvalue weighted by Crippen LogP contribution is 2.58. The molecule has 1 aliphatic heterocycles. The predicted octanol–water partition coefficient (Wildman–Crippen LogP) is 11.2. The maximum atomic E-state index is 15.4. The van der Waals surface area contributed by atoms with Crippen molar-refractivity contribution in [2.45, 2.75) is 24.7 Å². The summed E-state index contributed by atoms with van der Waals surface area (Å²) >= 11 is 0. The van der Waals surface area contributed by atoms with Crippen LogP contribution in [0.1, 0.15) is 47.2 Å². The van der Waals surface area contributed by atoms with Crippen molar-refractivity contribution in [3.63, 3.8) is 0 Å². The summed E-state index contributed by atoms with van der Waals surface area (Å²) < 4.78 is 15.4. The standard InChI is InChI=1S/C51H39N2OP/c1-50(2)45-28-16-17-29-47(45)53(38-18-6-3-7-19-38)48-32-30-36(34-46(48)50)51(43-26-14-12-24-41(43)42-25-13-15-27-44(42)51)37-31-33-49(52-35-37)55(54,39-20-8-4-9-21-39)40-22-10-5-11-23-40/h3-35H,1-2H3. The molecule has 1 aliphatic carbocycles. The molecule has 10 rings (SSSR count). The van der Waals surface area contributed by atoms with E-state index in [1.54, 1.807) is 0 Å². The summed E-state index contributed by atoms with van der Waals surface area (Å²) in [6.45, 7) is 4.70. The molecule has 264 valence electrons. The molecule has 0 N–H and O–H groups in total. The molecular formula is C51H39N2OP. The second kappa shape index (κ2) is 12.7. The summed E-state index contributed by atoms with van der Waals surface area (Å²) in [5, 5.41) is 1.54. The van der Waals surface area contributed by atoms with Gasteiger partial charge >= 0.3 is 0 Å². The first-order chi connectivity index (χ1) is 26.9. The summed E-state index contributed by atoms with van der Waals surface area (Å²) in [5.41, 5.74) is 12.7. The topological polar surface area (TPSA) is 33.2 Å². The number of hydrogen-bond acceptors (Lipinski definition) is 3. The van der Waals surface area contributed by atoms with Gasteiger partial charge in [-0.3, -0.25) is 4.98 Å². The molecule has 7 aromatic carbocycles. The maximum absolute atomic E-state index is 15.4. The number of pyridine rings is 1. The Bertz CT molecular complexity index is 2670. The van der Waals surface area contributed by atoms with Gasteiger partial charge in [0.2, 0.25) is 0 Å². The molecule has 0 unspecified atom stereocenters. The zero-order valence-corrected chi connectivity index (χ0v) is 31.7. The van der Waals surface area contributed by atoms with Crippen molar-refractivity contribution >= 4 is 40.2 Å². The van der Waals surface area contributed by atoms with Gasteiger partial charge in [-0.1, -0.05) is 178 Å². The van der Waals surface area contributed by atoms with E-state index in [1.165, 1.54) is 50.3 Å². The van der Waals surface area contributed by atoms with Gasteiger partial charge in [0.15, 0.2) is 7.14 Å². The Morgan fingerprint density at radius 1 is 0.473 bits per heavy atom. The molecule has 0 atom stereocenters. The molecule has 2 aliphatic rings.